The molecular weight excluding hydrogens is 312 g/mol. The summed E-state index contributed by atoms with van der Waals surface area (Å²) < 4.78 is 5.14. The average molecular weight is 338 g/mol. The predicted octanol–water partition coefficient (Wildman–Crippen LogP) is 3.13. The summed E-state index contributed by atoms with van der Waals surface area (Å²) in [6.45, 7) is 2.91. The number of hydrogen-bond acceptors (Lipinski definition) is 3. The molecule has 1 aliphatic rings. The average Bonchev–Trinajstić information content (AvgIpc) is 3.20. The minimum atomic E-state index is -0.0279. The number of methoxy groups -OCH3 is 1. The molecule has 1 fully saturated rings. The lowest BCUT2D eigenvalue weighted by atomic mass is 10.0. The van der Waals surface area contributed by atoms with E-state index in [0.29, 0.717) is 18.2 Å². The van der Waals surface area contributed by atoms with Gasteiger partial charge in [0.05, 0.1) is 7.11 Å². The van der Waals surface area contributed by atoms with E-state index in [0.717, 1.165) is 25.3 Å². The predicted molar refractivity (Wildman–Crippen MR) is 100 cm³/mol. The Morgan fingerprint density at radius 1 is 1.08 bits per heavy atom. The maximum Gasteiger partial charge on any atom is 0.251 e. The molecule has 0 saturated carbocycles. The number of benzene rings is 2. The van der Waals surface area contributed by atoms with Crippen LogP contribution in [0.4, 0.5) is 0 Å². The van der Waals surface area contributed by atoms with Gasteiger partial charge in [-0.25, -0.2) is 0 Å². The standard InChI is InChI=1S/C21H26N2O2/c1-25-20-11-9-18(10-12-20)21(24)22-16-19(23-13-5-6-14-23)15-17-7-3-2-4-8-17/h2-4,7-12,19H,5-6,13-16H2,1H3,(H,22,24). The van der Waals surface area contributed by atoms with E-state index in [4.69, 9.17) is 4.74 Å². The fourth-order valence-electron chi connectivity index (χ4n) is 3.38. The van der Waals surface area contributed by atoms with E-state index < -0.39 is 0 Å². The molecule has 0 radical (unpaired) electrons. The van der Waals surface area contributed by atoms with Gasteiger partial charge in [-0.3, -0.25) is 9.69 Å². The minimum Gasteiger partial charge on any atom is -0.497 e. The Hall–Kier alpha value is -2.33. The Labute approximate surface area is 149 Å². The normalized spacial score (nSPS) is 15.7. The third kappa shape index (κ3) is 4.83. The Kier molecular flexibility index (Phi) is 6.07. The lowest BCUT2D eigenvalue weighted by molar-refractivity contribution is 0.0937. The number of nitrogens with zero attached hydrogens (tertiary/aromatic N) is 1. The van der Waals surface area contributed by atoms with Gasteiger partial charge >= 0.3 is 0 Å². The molecule has 132 valence electrons. The maximum atomic E-state index is 12.4. The highest BCUT2D eigenvalue weighted by Gasteiger charge is 2.22. The molecule has 1 heterocycles. The van der Waals surface area contributed by atoms with Crippen molar-refractivity contribution in [3.63, 3.8) is 0 Å². The SMILES string of the molecule is COc1ccc(C(=O)NCC(Cc2ccccc2)N2CCCC2)cc1. The number of amides is 1. The van der Waals surface area contributed by atoms with Crippen molar-refractivity contribution in [2.75, 3.05) is 26.7 Å². The zero-order chi connectivity index (χ0) is 17.5. The zero-order valence-electron chi connectivity index (χ0n) is 14.8. The van der Waals surface area contributed by atoms with Crippen LogP contribution >= 0.6 is 0 Å². The van der Waals surface area contributed by atoms with Gasteiger partial charge in [0.15, 0.2) is 0 Å². The molecule has 0 bridgehead atoms. The molecule has 0 spiro atoms. The van der Waals surface area contributed by atoms with E-state index in [2.05, 4.69) is 34.5 Å². The Morgan fingerprint density at radius 2 is 1.76 bits per heavy atom. The summed E-state index contributed by atoms with van der Waals surface area (Å²) in [7, 11) is 1.62. The van der Waals surface area contributed by atoms with Gasteiger partial charge in [0.25, 0.3) is 5.91 Å². The van der Waals surface area contributed by atoms with Crippen LogP contribution in [-0.2, 0) is 6.42 Å². The molecule has 0 aromatic heterocycles. The van der Waals surface area contributed by atoms with E-state index in [-0.39, 0.29) is 5.91 Å². The van der Waals surface area contributed by atoms with Gasteiger partial charge in [0.2, 0.25) is 0 Å². The van der Waals surface area contributed by atoms with Gasteiger partial charge in [0, 0.05) is 18.2 Å². The van der Waals surface area contributed by atoms with E-state index in [1.807, 2.05) is 18.2 Å². The molecule has 1 unspecified atom stereocenters. The van der Waals surface area contributed by atoms with Crippen molar-refractivity contribution in [2.45, 2.75) is 25.3 Å². The van der Waals surface area contributed by atoms with Crippen LogP contribution in [0.2, 0.25) is 0 Å². The lowest BCUT2D eigenvalue weighted by Crippen LogP contribution is -2.44. The first-order chi connectivity index (χ1) is 12.3. The quantitative estimate of drug-likeness (QED) is 0.843. The summed E-state index contributed by atoms with van der Waals surface area (Å²) in [6, 6.07) is 18.1. The molecule has 4 nitrogen and oxygen atoms in total. The molecule has 1 N–H and O–H groups in total. The molecule has 1 atom stereocenters. The first kappa shape index (κ1) is 17.5. The molecule has 1 saturated heterocycles. The monoisotopic (exact) mass is 338 g/mol. The van der Waals surface area contributed by atoms with Crippen molar-refractivity contribution in [1.82, 2.24) is 10.2 Å². The van der Waals surface area contributed by atoms with Crippen molar-refractivity contribution in [3.05, 3.63) is 65.7 Å². The first-order valence-corrected chi connectivity index (χ1v) is 8.96. The number of carbonyl (C=O) groups excluding carboxylic acids is 1. The third-order valence-electron chi connectivity index (χ3n) is 4.82. The van der Waals surface area contributed by atoms with Gasteiger partial charge in [-0.05, 0) is 62.2 Å². The fraction of sp³-hybridized carbons (Fsp3) is 0.381. The number of likely N-dealkylation sites (tertiary alicyclic amines) is 1. The molecule has 25 heavy (non-hydrogen) atoms. The largest absolute Gasteiger partial charge is 0.497 e. The molecule has 1 amide bonds. The van der Waals surface area contributed by atoms with Gasteiger partial charge < -0.3 is 10.1 Å². The molecule has 1 aliphatic heterocycles. The minimum absolute atomic E-state index is 0.0279. The highest BCUT2D eigenvalue weighted by atomic mass is 16.5. The van der Waals surface area contributed by atoms with Crippen LogP contribution in [0.15, 0.2) is 54.6 Å². The second kappa shape index (κ2) is 8.67. The van der Waals surface area contributed by atoms with Crippen molar-refractivity contribution >= 4 is 5.91 Å². The highest BCUT2D eigenvalue weighted by Crippen LogP contribution is 2.16. The molecule has 3 rings (SSSR count). The van der Waals surface area contributed by atoms with Gasteiger partial charge in [-0.2, -0.15) is 0 Å². The van der Waals surface area contributed by atoms with Crippen LogP contribution in [-0.4, -0.2) is 43.6 Å². The summed E-state index contributed by atoms with van der Waals surface area (Å²) in [4.78, 5) is 14.9. The molecule has 2 aromatic carbocycles. The smallest absolute Gasteiger partial charge is 0.251 e. The van der Waals surface area contributed by atoms with Gasteiger partial charge in [-0.15, -0.1) is 0 Å². The van der Waals surface area contributed by atoms with Crippen molar-refractivity contribution in [2.24, 2.45) is 0 Å². The van der Waals surface area contributed by atoms with Crippen LogP contribution in [0.1, 0.15) is 28.8 Å². The van der Waals surface area contributed by atoms with Gasteiger partial charge in [-0.1, -0.05) is 30.3 Å². The van der Waals surface area contributed by atoms with Crippen molar-refractivity contribution < 1.29 is 9.53 Å². The number of nitrogens with one attached hydrogen (secondary N) is 1. The maximum absolute atomic E-state index is 12.4. The third-order valence-corrected chi connectivity index (χ3v) is 4.82. The van der Waals surface area contributed by atoms with Gasteiger partial charge in [0.1, 0.15) is 5.75 Å². The Balaban J connectivity index is 1.62. The second-order valence-corrected chi connectivity index (χ2v) is 6.53. The summed E-state index contributed by atoms with van der Waals surface area (Å²) >= 11 is 0. The molecule has 4 heteroatoms. The van der Waals surface area contributed by atoms with Crippen LogP contribution in [0.25, 0.3) is 0 Å². The van der Waals surface area contributed by atoms with E-state index >= 15 is 0 Å². The van der Waals surface area contributed by atoms with Crippen molar-refractivity contribution in [1.29, 1.82) is 0 Å². The topological polar surface area (TPSA) is 41.6 Å². The summed E-state index contributed by atoms with van der Waals surface area (Å²) in [5, 5.41) is 3.11. The van der Waals surface area contributed by atoms with E-state index in [9.17, 15) is 4.79 Å². The zero-order valence-corrected chi connectivity index (χ0v) is 14.8. The van der Waals surface area contributed by atoms with E-state index in [1.54, 1.807) is 19.2 Å². The van der Waals surface area contributed by atoms with E-state index in [1.165, 1.54) is 18.4 Å². The number of rotatable bonds is 7. The van der Waals surface area contributed by atoms with Crippen LogP contribution < -0.4 is 10.1 Å². The highest BCUT2D eigenvalue weighted by molar-refractivity contribution is 5.94. The Morgan fingerprint density at radius 3 is 2.40 bits per heavy atom. The molecular formula is C21H26N2O2. The van der Waals surface area contributed by atoms with Crippen molar-refractivity contribution in [3.8, 4) is 5.75 Å². The summed E-state index contributed by atoms with van der Waals surface area (Å²) in [5.41, 5.74) is 1.98. The first-order valence-electron chi connectivity index (χ1n) is 8.96. The lowest BCUT2D eigenvalue weighted by Gasteiger charge is -2.28. The molecule has 0 aliphatic carbocycles. The second-order valence-electron chi connectivity index (χ2n) is 6.53. The number of carbonyl (C=O) groups is 1. The summed E-state index contributed by atoms with van der Waals surface area (Å²) in [5.74, 6) is 0.732. The van der Waals surface area contributed by atoms with Crippen LogP contribution in [0.3, 0.4) is 0 Å². The van der Waals surface area contributed by atoms with Crippen LogP contribution in [0.5, 0.6) is 5.75 Å². The number of ether oxygens (including phenoxy) is 1. The summed E-state index contributed by atoms with van der Waals surface area (Å²) in [6.07, 6.45) is 3.46. The fourth-order valence-corrected chi connectivity index (χ4v) is 3.38. The molecule has 2 aromatic rings. The number of hydrogen-bond donors (Lipinski definition) is 1. The van der Waals surface area contributed by atoms with Crippen LogP contribution in [0, 0.1) is 0 Å². The Bertz CT molecular complexity index is 664.